The van der Waals surface area contributed by atoms with Gasteiger partial charge in [-0.2, -0.15) is 0 Å². The number of amides is 1. The molecule has 1 aromatic carbocycles. The highest BCUT2D eigenvalue weighted by Gasteiger charge is 2.23. The van der Waals surface area contributed by atoms with Crippen molar-refractivity contribution >= 4 is 11.6 Å². The summed E-state index contributed by atoms with van der Waals surface area (Å²) in [4.78, 5) is 21.8. The zero-order chi connectivity index (χ0) is 19.2. The highest BCUT2D eigenvalue weighted by Crippen LogP contribution is 2.25. The first-order valence-electron chi connectivity index (χ1n) is 10.5. The highest BCUT2D eigenvalue weighted by molar-refractivity contribution is 5.93. The number of hydrogen-bond acceptors (Lipinski definition) is 4. The summed E-state index contributed by atoms with van der Waals surface area (Å²) >= 11 is 0. The first-order chi connectivity index (χ1) is 13.8. The molecule has 0 atom stereocenters. The molecule has 5 nitrogen and oxygen atoms in total. The van der Waals surface area contributed by atoms with Crippen molar-refractivity contribution in [2.24, 2.45) is 5.92 Å². The fraction of sp³-hybridized carbons (Fsp3) is 0.478. The molecule has 0 aliphatic carbocycles. The monoisotopic (exact) mass is 378 g/mol. The Morgan fingerprint density at radius 1 is 1.04 bits per heavy atom. The van der Waals surface area contributed by atoms with Gasteiger partial charge in [0.25, 0.3) is 5.91 Å². The molecule has 2 fully saturated rings. The van der Waals surface area contributed by atoms with Gasteiger partial charge in [-0.05, 0) is 62.4 Å². The number of likely N-dealkylation sites (tertiary alicyclic amines) is 1. The van der Waals surface area contributed by atoms with Crippen molar-refractivity contribution in [1.29, 1.82) is 0 Å². The summed E-state index contributed by atoms with van der Waals surface area (Å²) in [5, 5.41) is 2.97. The quantitative estimate of drug-likeness (QED) is 0.838. The highest BCUT2D eigenvalue weighted by atomic mass is 16.1. The lowest BCUT2D eigenvalue weighted by Gasteiger charge is -2.35. The average molecular weight is 379 g/mol. The Labute approximate surface area is 167 Å². The minimum Gasteiger partial charge on any atom is -0.371 e. The first-order valence-corrected chi connectivity index (χ1v) is 10.5. The minimum atomic E-state index is -0.116. The van der Waals surface area contributed by atoms with E-state index in [9.17, 15) is 4.79 Å². The standard InChI is InChI=1S/C23H30N4O/c28-23(25-17-19-6-2-1-3-7-19)22-16-21(8-11-24-22)27-14-9-20(10-15-27)18-26-12-4-5-13-26/h1-3,6-8,11,16,20H,4-5,9-10,12-15,17-18H2,(H,25,28). The number of nitrogens with zero attached hydrogens (tertiary/aromatic N) is 3. The van der Waals surface area contributed by atoms with Crippen molar-refractivity contribution in [2.45, 2.75) is 32.2 Å². The molecular weight excluding hydrogens is 348 g/mol. The molecule has 4 rings (SSSR count). The third kappa shape index (κ3) is 4.90. The number of rotatable bonds is 6. The molecule has 0 bridgehead atoms. The summed E-state index contributed by atoms with van der Waals surface area (Å²) in [6.45, 7) is 6.48. The lowest BCUT2D eigenvalue weighted by Crippen LogP contribution is -2.38. The zero-order valence-electron chi connectivity index (χ0n) is 16.5. The van der Waals surface area contributed by atoms with Crippen LogP contribution in [-0.2, 0) is 6.54 Å². The first kappa shape index (κ1) is 18.9. The van der Waals surface area contributed by atoms with Gasteiger partial charge in [0.05, 0.1) is 0 Å². The Morgan fingerprint density at radius 3 is 2.54 bits per heavy atom. The van der Waals surface area contributed by atoms with Gasteiger partial charge in [-0.1, -0.05) is 30.3 Å². The Kier molecular flexibility index (Phi) is 6.22. The van der Waals surface area contributed by atoms with Gasteiger partial charge in [-0.15, -0.1) is 0 Å². The summed E-state index contributed by atoms with van der Waals surface area (Å²) < 4.78 is 0. The second kappa shape index (κ2) is 9.20. The van der Waals surface area contributed by atoms with Gasteiger partial charge in [0.1, 0.15) is 5.69 Å². The molecule has 2 saturated heterocycles. The molecule has 5 heteroatoms. The molecule has 3 heterocycles. The number of piperidine rings is 1. The third-order valence-corrected chi connectivity index (χ3v) is 5.97. The maximum Gasteiger partial charge on any atom is 0.270 e. The van der Waals surface area contributed by atoms with Gasteiger partial charge < -0.3 is 15.1 Å². The van der Waals surface area contributed by atoms with E-state index in [1.807, 2.05) is 42.5 Å². The van der Waals surface area contributed by atoms with Crippen molar-refractivity contribution in [3.05, 3.63) is 59.9 Å². The molecule has 1 amide bonds. The molecule has 2 aromatic rings. The second-order valence-electron chi connectivity index (χ2n) is 8.01. The van der Waals surface area contributed by atoms with Gasteiger partial charge in [-0.3, -0.25) is 9.78 Å². The Hall–Kier alpha value is -2.40. The van der Waals surface area contributed by atoms with Crippen molar-refractivity contribution in [3.8, 4) is 0 Å². The number of anilines is 1. The van der Waals surface area contributed by atoms with Gasteiger partial charge >= 0.3 is 0 Å². The molecule has 1 aromatic heterocycles. The summed E-state index contributed by atoms with van der Waals surface area (Å²) in [5.74, 6) is 0.694. The van der Waals surface area contributed by atoms with E-state index in [0.717, 1.165) is 30.3 Å². The molecule has 0 spiro atoms. The van der Waals surface area contributed by atoms with Crippen molar-refractivity contribution in [1.82, 2.24) is 15.2 Å². The van der Waals surface area contributed by atoms with Crippen LogP contribution in [0, 0.1) is 5.92 Å². The smallest absolute Gasteiger partial charge is 0.270 e. The number of carbonyl (C=O) groups excluding carboxylic acids is 1. The largest absolute Gasteiger partial charge is 0.371 e. The van der Waals surface area contributed by atoms with Crippen molar-refractivity contribution in [3.63, 3.8) is 0 Å². The molecule has 0 radical (unpaired) electrons. The van der Waals surface area contributed by atoms with Crippen LogP contribution in [0.3, 0.4) is 0 Å². The van der Waals surface area contributed by atoms with Crippen LogP contribution in [0.15, 0.2) is 48.7 Å². The van der Waals surface area contributed by atoms with Crippen molar-refractivity contribution in [2.75, 3.05) is 37.6 Å². The van der Waals surface area contributed by atoms with Crippen LogP contribution in [-0.4, -0.2) is 48.5 Å². The zero-order valence-corrected chi connectivity index (χ0v) is 16.5. The Balaban J connectivity index is 1.30. The van der Waals surface area contributed by atoms with Gasteiger partial charge in [-0.25, -0.2) is 0 Å². The third-order valence-electron chi connectivity index (χ3n) is 5.97. The minimum absolute atomic E-state index is 0.116. The number of aromatic nitrogens is 1. The molecule has 0 unspecified atom stereocenters. The van der Waals surface area contributed by atoms with Gasteiger partial charge in [0.2, 0.25) is 0 Å². The molecular formula is C23H30N4O. The van der Waals surface area contributed by atoms with Gasteiger partial charge in [0.15, 0.2) is 0 Å². The number of benzene rings is 1. The average Bonchev–Trinajstić information content (AvgIpc) is 3.26. The molecule has 28 heavy (non-hydrogen) atoms. The van der Waals surface area contributed by atoms with Crippen LogP contribution in [0.25, 0.3) is 0 Å². The maximum absolute atomic E-state index is 12.5. The fourth-order valence-corrected chi connectivity index (χ4v) is 4.31. The number of pyridine rings is 1. The molecule has 2 aliphatic rings. The summed E-state index contributed by atoms with van der Waals surface area (Å²) in [7, 11) is 0. The topological polar surface area (TPSA) is 48.5 Å². The van der Waals surface area contributed by atoms with Crippen LogP contribution in [0.1, 0.15) is 41.7 Å². The number of carbonyl (C=O) groups is 1. The van der Waals surface area contributed by atoms with E-state index < -0.39 is 0 Å². The number of hydrogen-bond donors (Lipinski definition) is 1. The molecule has 0 saturated carbocycles. The summed E-state index contributed by atoms with van der Waals surface area (Å²) in [6.07, 6.45) is 6.95. The van der Waals surface area contributed by atoms with E-state index in [1.165, 1.54) is 45.3 Å². The second-order valence-corrected chi connectivity index (χ2v) is 8.01. The van der Waals surface area contributed by atoms with Crippen LogP contribution >= 0.6 is 0 Å². The lowest BCUT2D eigenvalue weighted by molar-refractivity contribution is 0.0946. The summed E-state index contributed by atoms with van der Waals surface area (Å²) in [6, 6.07) is 13.9. The maximum atomic E-state index is 12.5. The van der Waals surface area contributed by atoms with E-state index in [1.54, 1.807) is 6.20 Å². The van der Waals surface area contributed by atoms with E-state index in [4.69, 9.17) is 0 Å². The van der Waals surface area contributed by atoms with Crippen LogP contribution in [0.2, 0.25) is 0 Å². The van der Waals surface area contributed by atoms with E-state index in [-0.39, 0.29) is 5.91 Å². The predicted molar refractivity (Wildman–Crippen MR) is 112 cm³/mol. The van der Waals surface area contributed by atoms with E-state index >= 15 is 0 Å². The SMILES string of the molecule is O=C(NCc1ccccc1)c1cc(N2CCC(CN3CCCC3)CC2)ccn1. The predicted octanol–water partition coefficient (Wildman–Crippen LogP) is 3.32. The lowest BCUT2D eigenvalue weighted by atomic mass is 9.96. The van der Waals surface area contributed by atoms with E-state index in [2.05, 4.69) is 20.1 Å². The number of nitrogens with one attached hydrogen (secondary N) is 1. The fourth-order valence-electron chi connectivity index (χ4n) is 4.31. The Morgan fingerprint density at radius 2 is 1.79 bits per heavy atom. The Bertz CT molecular complexity index is 765. The molecule has 148 valence electrons. The summed E-state index contributed by atoms with van der Waals surface area (Å²) in [5.41, 5.74) is 2.69. The molecule has 1 N–H and O–H groups in total. The van der Waals surface area contributed by atoms with Gasteiger partial charge in [0, 0.05) is 38.1 Å². The van der Waals surface area contributed by atoms with E-state index in [0.29, 0.717) is 12.2 Å². The van der Waals surface area contributed by atoms with Crippen LogP contribution in [0.4, 0.5) is 5.69 Å². The van der Waals surface area contributed by atoms with Crippen LogP contribution < -0.4 is 10.2 Å². The van der Waals surface area contributed by atoms with Crippen molar-refractivity contribution < 1.29 is 4.79 Å². The normalized spacial score (nSPS) is 18.4. The molecule has 2 aliphatic heterocycles. The van der Waals surface area contributed by atoms with Crippen LogP contribution in [0.5, 0.6) is 0 Å².